The minimum Gasteiger partial charge on any atom is -0.871 e. The molecule has 8 heteroatoms. The van der Waals surface area contributed by atoms with Crippen LogP contribution in [-0.4, -0.2) is 0 Å². The Kier molecular flexibility index (Phi) is 12.2. The Morgan fingerprint density at radius 2 is 0.870 bits per heavy atom. The molecule has 0 N–H and O–H groups in total. The molecule has 2 aromatic rings. The van der Waals surface area contributed by atoms with Gasteiger partial charge in [0.2, 0.25) is 0 Å². The van der Waals surface area contributed by atoms with Crippen molar-refractivity contribution in [2.24, 2.45) is 0 Å². The molecule has 2 aromatic carbocycles. The van der Waals surface area contributed by atoms with Crippen LogP contribution in [-0.2, 0) is 5.41 Å². The van der Waals surface area contributed by atoms with Crippen LogP contribution in [0.1, 0.15) is 25.0 Å². The number of hydrogen-bond donors (Lipinski definition) is 0. The van der Waals surface area contributed by atoms with Crippen LogP contribution in [0.25, 0.3) is 0 Å². The van der Waals surface area contributed by atoms with E-state index in [0.29, 0.717) is 17.9 Å². The van der Waals surface area contributed by atoms with Gasteiger partial charge in [0.05, 0.1) is 0 Å². The average molecular weight is 620 g/mol. The molecule has 0 heterocycles. The first-order valence-electron chi connectivity index (χ1n) is 5.97. The Hall–Kier alpha value is 3.23. The zero-order chi connectivity index (χ0) is 15.9. The molecule has 0 saturated heterocycles. The Morgan fingerprint density at radius 3 is 1.09 bits per heavy atom. The summed E-state index contributed by atoms with van der Waals surface area (Å²) in [4.78, 5) is 0. The predicted molar refractivity (Wildman–Crippen MR) is 94.7 cm³/mol. The van der Waals surface area contributed by atoms with Crippen molar-refractivity contribution in [1.29, 1.82) is 0 Å². The van der Waals surface area contributed by atoms with Gasteiger partial charge in [-0.05, 0) is 35.4 Å². The molecule has 0 atom stereocenters. The van der Waals surface area contributed by atoms with E-state index in [-0.39, 0.29) is 120 Å². The van der Waals surface area contributed by atoms with Crippen molar-refractivity contribution in [3.63, 3.8) is 0 Å². The van der Waals surface area contributed by atoms with E-state index in [1.54, 1.807) is 0 Å². The first-order valence-corrected chi connectivity index (χ1v) is 9.15. The second-order valence-electron chi connectivity index (χ2n) is 5.16. The van der Waals surface area contributed by atoms with E-state index in [2.05, 4.69) is 63.7 Å². The molecule has 2 nitrogen and oxygen atoms in total. The van der Waals surface area contributed by atoms with Crippen LogP contribution in [0.15, 0.2) is 42.2 Å². The molecule has 0 amide bonds. The van der Waals surface area contributed by atoms with Gasteiger partial charge >= 0.3 is 103 Å². The molecule has 0 aliphatic carbocycles. The molecular weight excluding hydrogens is 610 g/mol. The summed E-state index contributed by atoms with van der Waals surface area (Å²) in [6, 6.07) is 7.28. The molecule has 23 heavy (non-hydrogen) atoms. The van der Waals surface area contributed by atoms with Gasteiger partial charge < -0.3 is 10.2 Å². The van der Waals surface area contributed by atoms with E-state index in [9.17, 15) is 10.2 Å². The van der Waals surface area contributed by atoms with Crippen LogP contribution in [0.4, 0.5) is 0 Å². The zero-order valence-electron chi connectivity index (χ0n) is 13.1. The molecule has 0 aliphatic heterocycles. The second-order valence-corrected chi connectivity index (χ2v) is 8.58. The van der Waals surface area contributed by atoms with Crippen molar-refractivity contribution in [3.05, 3.63) is 53.3 Å². The molecule has 0 aromatic heterocycles. The number of hydrogen-bond acceptors (Lipinski definition) is 2. The molecule has 0 spiro atoms. The van der Waals surface area contributed by atoms with Crippen LogP contribution in [0, 0.1) is 0 Å². The molecule has 0 unspecified atom stereocenters. The smallest absolute Gasteiger partial charge is 0.871 e. The van der Waals surface area contributed by atoms with Gasteiger partial charge in [-0.2, -0.15) is 0 Å². The monoisotopic (exact) mass is 616 g/mol. The second kappa shape index (κ2) is 10.7. The summed E-state index contributed by atoms with van der Waals surface area (Å²) in [5.41, 5.74) is 1.58. The van der Waals surface area contributed by atoms with Crippen molar-refractivity contribution in [1.82, 2.24) is 0 Å². The number of benzene rings is 2. The maximum absolute atomic E-state index is 11.8. The summed E-state index contributed by atoms with van der Waals surface area (Å²) >= 11 is 13.2. The summed E-state index contributed by atoms with van der Waals surface area (Å²) in [5.74, 6) is -0.154. The minimum atomic E-state index is -0.364. The SMILES string of the molecule is CC(C)(c1cc(Br)c([O-])c(Br)c1)c1cc(Br)c([O-])c(Br)c1.[K+].[K+]. The molecular formula is C15H10Br4K2O2. The van der Waals surface area contributed by atoms with Crippen LogP contribution < -0.4 is 113 Å². The van der Waals surface area contributed by atoms with Crippen LogP contribution in [0.3, 0.4) is 0 Å². The Morgan fingerprint density at radius 1 is 0.652 bits per heavy atom. The van der Waals surface area contributed by atoms with E-state index >= 15 is 0 Å². The quantitative estimate of drug-likeness (QED) is 0.415. The van der Waals surface area contributed by atoms with Gasteiger partial charge in [-0.1, -0.05) is 89.1 Å². The molecule has 0 aliphatic rings. The molecule has 0 saturated carbocycles. The number of halogens is 4. The number of rotatable bonds is 2. The summed E-state index contributed by atoms with van der Waals surface area (Å²) in [6.07, 6.45) is 0. The van der Waals surface area contributed by atoms with Gasteiger partial charge in [-0.15, -0.1) is 0 Å². The largest absolute Gasteiger partial charge is 1.00 e. The van der Waals surface area contributed by atoms with Gasteiger partial charge in [0, 0.05) is 23.3 Å². The topological polar surface area (TPSA) is 46.1 Å². The Balaban J connectivity index is 0.00000242. The third-order valence-corrected chi connectivity index (χ3v) is 5.80. The van der Waals surface area contributed by atoms with E-state index < -0.39 is 0 Å². The van der Waals surface area contributed by atoms with Gasteiger partial charge in [0.25, 0.3) is 0 Å². The van der Waals surface area contributed by atoms with Crippen molar-refractivity contribution in [3.8, 4) is 11.5 Å². The summed E-state index contributed by atoms with van der Waals surface area (Å²) in [6.45, 7) is 4.09. The molecule has 0 bridgehead atoms. The molecule has 112 valence electrons. The van der Waals surface area contributed by atoms with Crippen molar-refractivity contribution < 1.29 is 113 Å². The zero-order valence-corrected chi connectivity index (χ0v) is 25.7. The first-order chi connectivity index (χ1) is 9.64. The summed E-state index contributed by atoms with van der Waals surface area (Å²) in [7, 11) is 0. The third-order valence-electron chi connectivity index (χ3n) is 3.44. The molecule has 2 rings (SSSR count). The van der Waals surface area contributed by atoms with Crippen LogP contribution in [0.5, 0.6) is 11.5 Å². The Bertz CT molecular complexity index is 615. The van der Waals surface area contributed by atoms with Gasteiger partial charge in [-0.3, -0.25) is 0 Å². The van der Waals surface area contributed by atoms with Crippen molar-refractivity contribution >= 4 is 63.7 Å². The van der Waals surface area contributed by atoms with Crippen molar-refractivity contribution in [2.75, 3.05) is 0 Å². The minimum absolute atomic E-state index is 0. The maximum atomic E-state index is 11.8. The van der Waals surface area contributed by atoms with Crippen molar-refractivity contribution in [2.45, 2.75) is 19.3 Å². The van der Waals surface area contributed by atoms with E-state index in [0.717, 1.165) is 11.1 Å². The average Bonchev–Trinajstić information content (AvgIpc) is 2.40. The van der Waals surface area contributed by atoms with Gasteiger partial charge in [-0.25, -0.2) is 0 Å². The van der Waals surface area contributed by atoms with Gasteiger partial charge in [0.15, 0.2) is 0 Å². The molecule has 0 fully saturated rings. The van der Waals surface area contributed by atoms with E-state index in [4.69, 9.17) is 0 Å². The molecule has 0 radical (unpaired) electrons. The summed E-state index contributed by atoms with van der Waals surface area (Å²) < 4.78 is 2.05. The first kappa shape index (κ1) is 26.2. The van der Waals surface area contributed by atoms with Crippen LogP contribution >= 0.6 is 63.7 Å². The fourth-order valence-electron chi connectivity index (χ4n) is 2.01. The standard InChI is InChI=1S/C15H12Br4O2.2K/c1-15(2,7-3-9(16)13(20)10(17)4-7)8-5-11(18)14(21)12(19)6-8;;/h3-6,20-21H,1-2H3;;/q;2*+1/p-2. The maximum Gasteiger partial charge on any atom is 1.00 e. The van der Waals surface area contributed by atoms with E-state index in [1.165, 1.54) is 0 Å². The van der Waals surface area contributed by atoms with Gasteiger partial charge in [0.1, 0.15) is 0 Å². The predicted octanol–water partition coefficient (Wildman–Crippen LogP) is -0.782. The summed E-state index contributed by atoms with van der Waals surface area (Å²) in [5, 5.41) is 23.6. The Labute approximate surface area is 254 Å². The fraction of sp³-hybridized carbons (Fsp3) is 0.200. The van der Waals surface area contributed by atoms with Crippen LogP contribution in [0.2, 0.25) is 0 Å². The third kappa shape index (κ3) is 6.10. The van der Waals surface area contributed by atoms with E-state index in [1.807, 2.05) is 38.1 Å². The fourth-order valence-corrected chi connectivity index (χ4v) is 4.38. The normalized spacial score (nSPS) is 10.7.